The number of aliphatic hydroxyl groups is 1. The molecule has 7 nitrogen and oxygen atoms in total. The number of hydrogen-bond acceptors (Lipinski definition) is 7. The first kappa shape index (κ1) is 17.6. The molecular formula is C21H17N5O2. The lowest BCUT2D eigenvalue weighted by Crippen LogP contribution is -2.19. The normalized spacial score (nSPS) is 13.0. The van der Waals surface area contributed by atoms with Crippen LogP contribution in [0.1, 0.15) is 24.3 Å². The number of hydrogen-bond donors (Lipinski definition) is 2. The van der Waals surface area contributed by atoms with Crippen LogP contribution in [0.3, 0.4) is 0 Å². The fourth-order valence-electron chi connectivity index (χ4n) is 2.77. The van der Waals surface area contributed by atoms with E-state index < -0.39 is 5.60 Å². The summed E-state index contributed by atoms with van der Waals surface area (Å²) in [5.74, 6) is 6.65. The van der Waals surface area contributed by atoms with E-state index >= 15 is 0 Å². The molecule has 4 aromatic rings. The predicted molar refractivity (Wildman–Crippen MR) is 105 cm³/mol. The van der Waals surface area contributed by atoms with Gasteiger partial charge in [0, 0.05) is 17.9 Å². The van der Waals surface area contributed by atoms with Crippen molar-refractivity contribution < 1.29 is 9.52 Å². The lowest BCUT2D eigenvalue weighted by molar-refractivity contribution is 0.0881. The smallest absolute Gasteiger partial charge is 0.260 e. The van der Waals surface area contributed by atoms with Gasteiger partial charge in [-0.15, -0.1) is 10.2 Å². The monoisotopic (exact) mass is 371 g/mol. The zero-order valence-corrected chi connectivity index (χ0v) is 15.3. The summed E-state index contributed by atoms with van der Waals surface area (Å²) in [6.07, 6.45) is 1.45. The molecule has 0 radical (unpaired) electrons. The second-order valence-electron chi connectivity index (χ2n) is 6.52. The van der Waals surface area contributed by atoms with E-state index in [0.717, 1.165) is 27.6 Å². The molecule has 1 atom stereocenters. The molecule has 0 amide bonds. The van der Waals surface area contributed by atoms with E-state index in [9.17, 15) is 5.11 Å². The Morgan fingerprint density at radius 3 is 2.68 bits per heavy atom. The highest BCUT2D eigenvalue weighted by molar-refractivity contribution is 5.91. The number of nitrogens with zero attached hydrogens (tertiary/aromatic N) is 4. The molecule has 0 spiro atoms. The minimum Gasteiger partial charge on any atom is -0.421 e. The van der Waals surface area contributed by atoms with E-state index in [1.807, 2.05) is 42.5 Å². The Morgan fingerprint density at radius 2 is 1.89 bits per heavy atom. The van der Waals surface area contributed by atoms with Gasteiger partial charge in [0.2, 0.25) is 11.5 Å². The first-order valence-electron chi connectivity index (χ1n) is 8.59. The van der Waals surface area contributed by atoms with Crippen molar-refractivity contribution in [2.75, 3.05) is 5.73 Å². The van der Waals surface area contributed by atoms with Crippen LogP contribution in [0.2, 0.25) is 0 Å². The van der Waals surface area contributed by atoms with Gasteiger partial charge >= 0.3 is 0 Å². The molecule has 2 heterocycles. The van der Waals surface area contributed by atoms with Gasteiger partial charge in [0.25, 0.3) is 5.89 Å². The van der Waals surface area contributed by atoms with Gasteiger partial charge in [0.05, 0.1) is 5.52 Å². The number of nitrogen functional groups attached to an aromatic ring is 1. The summed E-state index contributed by atoms with van der Waals surface area (Å²) < 4.78 is 5.28. The van der Waals surface area contributed by atoms with Crippen molar-refractivity contribution in [2.45, 2.75) is 19.4 Å². The molecule has 2 aromatic heterocycles. The van der Waals surface area contributed by atoms with E-state index in [1.165, 1.54) is 13.3 Å². The number of rotatable bonds is 2. The third-order valence-electron chi connectivity index (χ3n) is 4.25. The molecule has 0 saturated heterocycles. The summed E-state index contributed by atoms with van der Waals surface area (Å²) in [4.78, 5) is 8.26. The fraction of sp³-hybridized carbons (Fsp3) is 0.143. The van der Waals surface area contributed by atoms with Crippen molar-refractivity contribution in [3.05, 3.63) is 66.1 Å². The molecule has 7 heteroatoms. The highest BCUT2D eigenvalue weighted by Crippen LogP contribution is 2.26. The topological polar surface area (TPSA) is 111 Å². The maximum absolute atomic E-state index is 10.5. The molecule has 138 valence electrons. The Bertz CT molecular complexity index is 1230. The van der Waals surface area contributed by atoms with Gasteiger partial charge in [-0.05, 0) is 42.3 Å². The van der Waals surface area contributed by atoms with Crippen molar-refractivity contribution in [1.82, 2.24) is 20.2 Å². The standard InChI is InChI=1S/C21H17N5O2/c1-13-25-26-20(28-13)21(2,27)9-8-14-4-3-5-15(10-14)16-6-7-18-17(11-16)19(22)24-12-23-18/h3-7,10-12,27H,1-2H3,(H2,22,23,24)/t21-/m1/s1. The van der Waals surface area contributed by atoms with Crippen molar-refractivity contribution in [1.29, 1.82) is 0 Å². The Balaban J connectivity index is 1.69. The third-order valence-corrected chi connectivity index (χ3v) is 4.25. The quantitative estimate of drug-likeness (QED) is 0.521. The average molecular weight is 371 g/mol. The summed E-state index contributed by atoms with van der Waals surface area (Å²) in [6.45, 7) is 3.17. The Kier molecular flexibility index (Phi) is 4.26. The van der Waals surface area contributed by atoms with Gasteiger partial charge in [0.15, 0.2) is 0 Å². The molecule has 28 heavy (non-hydrogen) atoms. The number of aryl methyl sites for hydroxylation is 1. The van der Waals surface area contributed by atoms with Crippen LogP contribution in [0.4, 0.5) is 5.82 Å². The van der Waals surface area contributed by atoms with Crippen molar-refractivity contribution in [3.8, 4) is 23.0 Å². The van der Waals surface area contributed by atoms with Gasteiger partial charge in [0.1, 0.15) is 12.1 Å². The molecule has 3 N–H and O–H groups in total. The van der Waals surface area contributed by atoms with E-state index in [0.29, 0.717) is 11.7 Å². The maximum atomic E-state index is 10.5. The Morgan fingerprint density at radius 1 is 1.07 bits per heavy atom. The van der Waals surface area contributed by atoms with Gasteiger partial charge in [-0.25, -0.2) is 9.97 Å². The highest BCUT2D eigenvalue weighted by Gasteiger charge is 2.27. The van der Waals surface area contributed by atoms with Crippen molar-refractivity contribution >= 4 is 16.7 Å². The molecule has 0 fully saturated rings. The molecule has 0 aliphatic carbocycles. The molecule has 0 saturated carbocycles. The molecule has 0 aliphatic heterocycles. The SMILES string of the molecule is Cc1nnc([C@](C)(O)C#Cc2cccc(-c3ccc4ncnc(N)c4c3)c2)o1. The van der Waals surface area contributed by atoms with E-state index in [2.05, 4.69) is 32.0 Å². The van der Waals surface area contributed by atoms with Crippen LogP contribution in [-0.2, 0) is 5.60 Å². The van der Waals surface area contributed by atoms with Crippen LogP contribution >= 0.6 is 0 Å². The second kappa shape index (κ2) is 6.76. The molecule has 4 rings (SSSR count). The van der Waals surface area contributed by atoms with Gasteiger partial charge in [-0.2, -0.15) is 0 Å². The first-order chi connectivity index (χ1) is 13.4. The molecule has 0 aliphatic rings. The van der Waals surface area contributed by atoms with Crippen LogP contribution in [-0.4, -0.2) is 25.3 Å². The van der Waals surface area contributed by atoms with E-state index in [-0.39, 0.29) is 5.89 Å². The minimum atomic E-state index is -1.54. The van der Waals surface area contributed by atoms with Crippen molar-refractivity contribution in [3.63, 3.8) is 0 Å². The Labute approximate surface area is 161 Å². The summed E-state index contributed by atoms with van der Waals surface area (Å²) in [6, 6.07) is 13.5. The second-order valence-corrected chi connectivity index (χ2v) is 6.52. The largest absolute Gasteiger partial charge is 0.421 e. The van der Waals surface area contributed by atoms with E-state index in [4.69, 9.17) is 10.2 Å². The molecule has 0 unspecified atom stereocenters. The summed E-state index contributed by atoms with van der Waals surface area (Å²) in [5, 5.41) is 18.9. The summed E-state index contributed by atoms with van der Waals surface area (Å²) >= 11 is 0. The summed E-state index contributed by atoms with van der Waals surface area (Å²) in [7, 11) is 0. The summed E-state index contributed by atoms with van der Waals surface area (Å²) in [5.41, 5.74) is 7.89. The third kappa shape index (κ3) is 3.41. The zero-order chi connectivity index (χ0) is 19.7. The Hall–Kier alpha value is -3.76. The van der Waals surface area contributed by atoms with Crippen LogP contribution < -0.4 is 5.73 Å². The predicted octanol–water partition coefficient (Wildman–Crippen LogP) is 2.83. The van der Waals surface area contributed by atoms with Crippen LogP contribution in [0, 0.1) is 18.8 Å². The van der Waals surface area contributed by atoms with Crippen LogP contribution in [0.25, 0.3) is 22.0 Å². The van der Waals surface area contributed by atoms with Gasteiger partial charge in [-0.3, -0.25) is 0 Å². The number of aromatic nitrogens is 4. The molecule has 2 aromatic carbocycles. The van der Waals surface area contributed by atoms with Gasteiger partial charge in [-0.1, -0.05) is 30.0 Å². The van der Waals surface area contributed by atoms with E-state index in [1.54, 1.807) is 6.92 Å². The first-order valence-corrected chi connectivity index (χ1v) is 8.59. The highest BCUT2D eigenvalue weighted by atomic mass is 16.4. The number of benzene rings is 2. The lowest BCUT2D eigenvalue weighted by atomic mass is 10.0. The number of fused-ring (bicyclic) bond motifs is 1. The number of nitrogens with two attached hydrogens (primary N) is 1. The maximum Gasteiger partial charge on any atom is 0.260 e. The average Bonchev–Trinajstić information content (AvgIpc) is 3.14. The van der Waals surface area contributed by atoms with Crippen LogP contribution in [0.5, 0.6) is 0 Å². The minimum absolute atomic E-state index is 0.0682. The van der Waals surface area contributed by atoms with Gasteiger partial charge < -0.3 is 15.3 Å². The lowest BCUT2D eigenvalue weighted by Gasteiger charge is -2.10. The fourth-order valence-corrected chi connectivity index (χ4v) is 2.77. The number of anilines is 1. The van der Waals surface area contributed by atoms with Crippen molar-refractivity contribution in [2.24, 2.45) is 0 Å². The van der Waals surface area contributed by atoms with Crippen LogP contribution in [0.15, 0.2) is 53.2 Å². The molecule has 0 bridgehead atoms. The molecular weight excluding hydrogens is 354 g/mol. The zero-order valence-electron chi connectivity index (χ0n) is 15.3.